The van der Waals surface area contributed by atoms with Crippen molar-refractivity contribution in [2.75, 3.05) is 39.6 Å². The zero-order valence-electron chi connectivity index (χ0n) is 13.3. The summed E-state index contributed by atoms with van der Waals surface area (Å²) in [7, 11) is 0. The number of rotatable bonds is 13. The highest BCUT2D eigenvalue weighted by molar-refractivity contribution is 4.90. The SMILES string of the molecule is [N-]=[N+]=NCCOCCOCCOCc1cn(CC2CCC2)nn1. The summed E-state index contributed by atoms with van der Waals surface area (Å²) in [4.78, 5) is 2.64. The van der Waals surface area contributed by atoms with Gasteiger partial charge in [-0.2, -0.15) is 0 Å². The van der Waals surface area contributed by atoms with Crippen molar-refractivity contribution < 1.29 is 14.2 Å². The van der Waals surface area contributed by atoms with Gasteiger partial charge in [0.2, 0.25) is 0 Å². The summed E-state index contributed by atoms with van der Waals surface area (Å²) in [5, 5.41) is 11.6. The minimum absolute atomic E-state index is 0.348. The summed E-state index contributed by atoms with van der Waals surface area (Å²) in [5.74, 6) is 0.771. The van der Waals surface area contributed by atoms with E-state index in [9.17, 15) is 0 Å². The Morgan fingerprint density at radius 3 is 2.61 bits per heavy atom. The lowest BCUT2D eigenvalue weighted by Gasteiger charge is -2.24. The molecule has 0 aromatic carbocycles. The Bertz CT molecular complexity index is 485. The number of hydrogen-bond acceptors (Lipinski definition) is 6. The van der Waals surface area contributed by atoms with Gasteiger partial charge in [0.15, 0.2) is 0 Å². The molecule has 2 rings (SSSR count). The Labute approximate surface area is 135 Å². The zero-order chi connectivity index (χ0) is 16.2. The van der Waals surface area contributed by atoms with Crippen LogP contribution in [0.15, 0.2) is 11.3 Å². The third-order valence-electron chi connectivity index (χ3n) is 3.65. The molecule has 1 aromatic heterocycles. The molecule has 23 heavy (non-hydrogen) atoms. The van der Waals surface area contributed by atoms with Gasteiger partial charge in [0.25, 0.3) is 0 Å². The van der Waals surface area contributed by atoms with Crippen LogP contribution in [0.3, 0.4) is 0 Å². The molecule has 1 heterocycles. The monoisotopic (exact) mass is 324 g/mol. The third-order valence-corrected chi connectivity index (χ3v) is 3.65. The molecule has 1 aliphatic rings. The van der Waals surface area contributed by atoms with E-state index < -0.39 is 0 Å². The van der Waals surface area contributed by atoms with Gasteiger partial charge in [-0.1, -0.05) is 16.7 Å². The summed E-state index contributed by atoms with van der Waals surface area (Å²) >= 11 is 0. The van der Waals surface area contributed by atoms with Crippen molar-refractivity contribution in [3.8, 4) is 0 Å². The van der Waals surface area contributed by atoms with E-state index in [0.717, 1.165) is 18.2 Å². The summed E-state index contributed by atoms with van der Waals surface area (Å²) in [5.41, 5.74) is 8.93. The molecule has 1 aliphatic carbocycles. The molecule has 9 nitrogen and oxygen atoms in total. The van der Waals surface area contributed by atoms with Crippen molar-refractivity contribution in [2.45, 2.75) is 32.4 Å². The van der Waals surface area contributed by atoms with Crippen LogP contribution in [0.1, 0.15) is 25.0 Å². The molecule has 0 atom stereocenters. The summed E-state index contributed by atoms with van der Waals surface area (Å²) < 4.78 is 18.0. The van der Waals surface area contributed by atoms with Gasteiger partial charge in [-0.25, -0.2) is 0 Å². The van der Waals surface area contributed by atoms with Crippen LogP contribution in [-0.4, -0.2) is 54.6 Å². The van der Waals surface area contributed by atoms with Gasteiger partial charge in [-0.05, 0) is 24.3 Å². The van der Waals surface area contributed by atoms with Crippen molar-refractivity contribution in [3.63, 3.8) is 0 Å². The van der Waals surface area contributed by atoms with Crippen molar-refractivity contribution in [1.82, 2.24) is 15.0 Å². The first-order chi connectivity index (χ1) is 11.4. The van der Waals surface area contributed by atoms with Crippen LogP contribution >= 0.6 is 0 Å². The van der Waals surface area contributed by atoms with E-state index in [2.05, 4.69) is 20.3 Å². The van der Waals surface area contributed by atoms with E-state index in [4.69, 9.17) is 19.7 Å². The fourth-order valence-electron chi connectivity index (χ4n) is 2.20. The van der Waals surface area contributed by atoms with Crippen LogP contribution in [0, 0.1) is 5.92 Å². The molecule has 0 amide bonds. The predicted octanol–water partition coefficient (Wildman–Crippen LogP) is 1.94. The van der Waals surface area contributed by atoms with Gasteiger partial charge in [0.1, 0.15) is 5.69 Å². The average Bonchev–Trinajstić information content (AvgIpc) is 2.96. The molecule has 0 N–H and O–H groups in total. The third kappa shape index (κ3) is 7.43. The molecule has 0 spiro atoms. The Morgan fingerprint density at radius 1 is 1.17 bits per heavy atom. The molecule has 0 radical (unpaired) electrons. The number of hydrogen-bond donors (Lipinski definition) is 0. The normalized spacial score (nSPS) is 14.4. The summed E-state index contributed by atoms with van der Waals surface area (Å²) in [6.45, 7) is 4.19. The van der Waals surface area contributed by atoms with Crippen molar-refractivity contribution in [3.05, 3.63) is 22.3 Å². The summed E-state index contributed by atoms with van der Waals surface area (Å²) in [6.07, 6.45) is 5.90. The lowest BCUT2D eigenvalue weighted by molar-refractivity contribution is 0.0113. The molecular weight excluding hydrogens is 300 g/mol. The maximum atomic E-state index is 8.08. The second-order valence-corrected chi connectivity index (χ2v) is 5.46. The molecule has 9 heteroatoms. The Morgan fingerprint density at radius 2 is 1.91 bits per heavy atom. The van der Waals surface area contributed by atoms with Crippen LogP contribution in [0.5, 0.6) is 0 Å². The molecule has 0 aliphatic heterocycles. The topological polar surface area (TPSA) is 107 Å². The van der Waals surface area contributed by atoms with Crippen LogP contribution in [0.4, 0.5) is 0 Å². The smallest absolute Gasteiger partial charge is 0.108 e. The Balaban J connectivity index is 1.40. The van der Waals surface area contributed by atoms with Crippen LogP contribution in [0.2, 0.25) is 0 Å². The van der Waals surface area contributed by atoms with Gasteiger partial charge in [0, 0.05) is 18.0 Å². The highest BCUT2D eigenvalue weighted by Crippen LogP contribution is 2.27. The van der Waals surface area contributed by atoms with Crippen LogP contribution < -0.4 is 0 Å². The first kappa shape index (κ1) is 17.7. The van der Waals surface area contributed by atoms with Crippen LogP contribution in [0.25, 0.3) is 10.4 Å². The molecule has 0 saturated heterocycles. The van der Waals surface area contributed by atoms with Crippen LogP contribution in [-0.2, 0) is 27.4 Å². The highest BCUT2D eigenvalue weighted by atomic mass is 16.5. The van der Waals surface area contributed by atoms with E-state index in [-0.39, 0.29) is 0 Å². The molecule has 0 bridgehead atoms. The van der Waals surface area contributed by atoms with Crippen molar-refractivity contribution >= 4 is 0 Å². The van der Waals surface area contributed by atoms with E-state index >= 15 is 0 Å². The average molecular weight is 324 g/mol. The number of nitrogens with zero attached hydrogens (tertiary/aromatic N) is 6. The molecule has 1 saturated carbocycles. The van der Waals surface area contributed by atoms with Crippen molar-refractivity contribution in [2.24, 2.45) is 11.0 Å². The fraction of sp³-hybridized carbons (Fsp3) is 0.857. The highest BCUT2D eigenvalue weighted by Gasteiger charge is 2.18. The lowest BCUT2D eigenvalue weighted by Crippen LogP contribution is -2.18. The largest absolute Gasteiger partial charge is 0.379 e. The first-order valence-electron chi connectivity index (χ1n) is 8.01. The van der Waals surface area contributed by atoms with E-state index in [0.29, 0.717) is 46.2 Å². The summed E-state index contributed by atoms with van der Waals surface area (Å²) in [6, 6.07) is 0. The van der Waals surface area contributed by atoms with Gasteiger partial charge < -0.3 is 14.2 Å². The van der Waals surface area contributed by atoms with E-state index in [1.165, 1.54) is 19.3 Å². The Kier molecular flexibility index (Phi) is 8.42. The van der Waals surface area contributed by atoms with Gasteiger partial charge in [-0.3, -0.25) is 4.68 Å². The maximum Gasteiger partial charge on any atom is 0.108 e. The quantitative estimate of drug-likeness (QED) is 0.238. The first-order valence-corrected chi connectivity index (χ1v) is 8.01. The second kappa shape index (κ2) is 11.0. The lowest BCUT2D eigenvalue weighted by atomic mass is 9.85. The van der Waals surface area contributed by atoms with E-state index in [1.54, 1.807) is 0 Å². The van der Waals surface area contributed by atoms with E-state index in [1.807, 2.05) is 10.9 Å². The zero-order valence-corrected chi connectivity index (χ0v) is 13.3. The van der Waals surface area contributed by atoms with Gasteiger partial charge in [0.05, 0.1) is 45.8 Å². The second-order valence-electron chi connectivity index (χ2n) is 5.46. The molecule has 0 unspecified atom stereocenters. The molecular formula is C14H24N6O3. The number of ether oxygens (including phenoxy) is 3. The fourth-order valence-corrected chi connectivity index (χ4v) is 2.20. The Hall–Kier alpha value is -1.67. The maximum absolute atomic E-state index is 8.08. The van der Waals surface area contributed by atoms with Crippen molar-refractivity contribution in [1.29, 1.82) is 0 Å². The number of aromatic nitrogens is 3. The molecule has 128 valence electrons. The van der Waals surface area contributed by atoms with Gasteiger partial charge in [-0.15, -0.1) is 5.10 Å². The molecule has 1 aromatic rings. The predicted molar refractivity (Wildman–Crippen MR) is 82.7 cm³/mol. The van der Waals surface area contributed by atoms with Gasteiger partial charge >= 0.3 is 0 Å². The number of azide groups is 1. The molecule has 1 fully saturated rings. The minimum Gasteiger partial charge on any atom is -0.379 e. The standard InChI is InChI=1S/C14H24N6O3/c15-18-16-4-5-21-6-7-22-8-9-23-12-14-11-20(19-17-14)10-13-2-1-3-13/h11,13H,1-10,12H2. The minimum atomic E-state index is 0.348.